The second-order valence-corrected chi connectivity index (χ2v) is 1.88. The number of hydrogen-bond acceptors (Lipinski definition) is 2. The van der Waals surface area contributed by atoms with E-state index in [0.717, 1.165) is 0 Å². The van der Waals surface area contributed by atoms with Gasteiger partial charge < -0.3 is 5.21 Å². The van der Waals surface area contributed by atoms with Gasteiger partial charge in [-0.05, 0) is 0 Å². The van der Waals surface area contributed by atoms with E-state index in [4.69, 9.17) is 5.21 Å². The van der Waals surface area contributed by atoms with Crippen molar-refractivity contribution < 1.29 is 18.4 Å². The summed E-state index contributed by atoms with van der Waals surface area (Å²) in [5.41, 5.74) is 0. The monoisotopic (exact) mass is 191 g/mol. The first kappa shape index (κ1) is 7.74. The van der Waals surface area contributed by atoms with Gasteiger partial charge in [0.05, 0.1) is 0 Å². The van der Waals surface area contributed by atoms with E-state index in [-0.39, 0.29) is 0 Å². The first-order chi connectivity index (χ1) is 3.48. The summed E-state index contributed by atoms with van der Waals surface area (Å²) in [6, 6.07) is 0. The van der Waals surface area contributed by atoms with Gasteiger partial charge in [0.15, 0.2) is 0 Å². The Bertz CT molecular complexity index is 108. The lowest BCUT2D eigenvalue weighted by molar-refractivity contribution is 0.169. The minimum absolute atomic E-state index is 1.60. The molecule has 0 fully saturated rings. The largest absolute Gasteiger partial charge is 0.409 e. The third-order valence-electron chi connectivity index (χ3n) is 0.322. The first-order valence-corrected chi connectivity index (χ1v) is 2.22. The lowest BCUT2D eigenvalue weighted by atomic mass is 10.7. The van der Waals surface area contributed by atoms with E-state index >= 15 is 0 Å². The van der Waals surface area contributed by atoms with Crippen LogP contribution in [-0.4, -0.2) is 16.0 Å². The van der Waals surface area contributed by atoms with Crippen LogP contribution in [0.15, 0.2) is 5.16 Å². The Labute approximate surface area is 51.1 Å². The Balaban J connectivity index is 4.03. The summed E-state index contributed by atoms with van der Waals surface area (Å²) >= 11 is 1.60. The maximum Gasteiger partial charge on any atom is 0.372 e. The molecule has 0 aromatic heterocycles. The van der Waals surface area contributed by atoms with Crippen molar-refractivity contribution in [3.8, 4) is 0 Å². The van der Waals surface area contributed by atoms with Gasteiger partial charge in [0, 0.05) is 15.9 Å². The zero-order valence-electron chi connectivity index (χ0n) is 3.41. The van der Waals surface area contributed by atoms with Crippen molar-refractivity contribution in [2.24, 2.45) is 5.16 Å². The minimum Gasteiger partial charge on any atom is -0.409 e. The molecule has 0 aliphatic heterocycles. The number of nitrogens with zero attached hydrogens (tertiary/aromatic N) is 1. The van der Waals surface area contributed by atoms with Crippen LogP contribution in [-0.2, 0) is 0 Å². The van der Waals surface area contributed by atoms with Crippen LogP contribution in [0.4, 0.5) is 13.2 Å². The van der Waals surface area contributed by atoms with E-state index in [9.17, 15) is 13.2 Å². The van der Waals surface area contributed by atoms with E-state index < -0.39 is 10.8 Å². The van der Waals surface area contributed by atoms with Gasteiger partial charge in [-0.25, -0.2) is 0 Å². The minimum atomic E-state index is -3.85. The molecule has 0 radical (unpaired) electrons. The predicted octanol–water partition coefficient (Wildman–Crippen LogP) is 1.73. The maximum absolute atomic E-state index is 11.4. The molecule has 0 saturated carbocycles. The summed E-state index contributed by atoms with van der Waals surface area (Å²) in [5, 5.41) is 8.99. The molecule has 0 heterocycles. The number of alkyl halides is 3. The Morgan fingerprint density at radius 3 is 2.00 bits per heavy atom. The third-order valence-corrected chi connectivity index (χ3v) is 0.649. The van der Waals surface area contributed by atoms with E-state index in [0.29, 0.717) is 0 Å². The molecule has 0 aliphatic rings. The van der Waals surface area contributed by atoms with Gasteiger partial charge in [-0.1, -0.05) is 5.16 Å². The molecule has 0 saturated heterocycles. The van der Waals surface area contributed by atoms with Crippen LogP contribution in [0.1, 0.15) is 0 Å². The normalized spacial score (nSPS) is 14.2. The highest BCUT2D eigenvalue weighted by atomic mass is 79.9. The summed E-state index contributed by atoms with van der Waals surface area (Å²) < 4.78 is 34.1. The summed E-state index contributed by atoms with van der Waals surface area (Å²) in [6.07, 6.45) is 0. The van der Waals surface area contributed by atoms with Gasteiger partial charge in [0.25, 0.3) is 0 Å². The zero-order chi connectivity index (χ0) is 6.78. The molecule has 0 unspecified atom stereocenters. The molecule has 2 nitrogen and oxygen atoms in total. The number of rotatable bonds is 1. The number of hydrogen-bond donors (Lipinski definition) is 1. The van der Waals surface area contributed by atoms with Crippen LogP contribution in [0.5, 0.6) is 0 Å². The quantitative estimate of drug-likeness (QED) is 0.291. The molecule has 48 valence electrons. The maximum atomic E-state index is 11.4. The fraction of sp³-hybridized carbons (Fsp3) is 0.500. The molecule has 0 aromatic rings. The van der Waals surface area contributed by atoms with Crippen molar-refractivity contribution in [3.05, 3.63) is 0 Å². The zero-order valence-corrected chi connectivity index (χ0v) is 4.99. The third kappa shape index (κ3) is 2.15. The van der Waals surface area contributed by atoms with Gasteiger partial charge in [0.1, 0.15) is 0 Å². The van der Waals surface area contributed by atoms with E-state index in [1.54, 1.807) is 21.1 Å². The molecular formula is C2HBrF3NO. The van der Waals surface area contributed by atoms with Gasteiger partial charge in [-0.15, -0.1) is 0 Å². The molecule has 0 atom stereocenters. The Morgan fingerprint density at radius 2 is 2.00 bits per heavy atom. The molecule has 6 heteroatoms. The van der Waals surface area contributed by atoms with Crippen LogP contribution in [0.3, 0.4) is 0 Å². The van der Waals surface area contributed by atoms with E-state index in [1.807, 2.05) is 0 Å². The highest BCUT2D eigenvalue weighted by Crippen LogP contribution is 2.23. The molecule has 0 rings (SSSR count). The molecule has 0 spiro atoms. The van der Waals surface area contributed by atoms with E-state index in [2.05, 4.69) is 0 Å². The Morgan fingerprint density at radius 1 is 1.62 bits per heavy atom. The Hall–Kier alpha value is -0.260. The SMILES string of the molecule is ON=C(F)C(F)(F)Br. The fourth-order valence-corrected chi connectivity index (χ4v) is 0.136. The van der Waals surface area contributed by atoms with Gasteiger partial charge in [-0.3, -0.25) is 0 Å². The molecule has 0 bridgehead atoms. The number of halogens is 4. The van der Waals surface area contributed by atoms with Gasteiger partial charge in [-0.2, -0.15) is 13.2 Å². The smallest absolute Gasteiger partial charge is 0.372 e. The van der Waals surface area contributed by atoms with Crippen LogP contribution < -0.4 is 0 Å². The topological polar surface area (TPSA) is 32.6 Å². The van der Waals surface area contributed by atoms with Crippen molar-refractivity contribution in [3.63, 3.8) is 0 Å². The van der Waals surface area contributed by atoms with E-state index in [1.165, 1.54) is 0 Å². The highest BCUT2D eigenvalue weighted by molar-refractivity contribution is 9.10. The number of oxime groups is 1. The predicted molar refractivity (Wildman–Crippen MR) is 24.2 cm³/mol. The molecular weight excluding hydrogens is 191 g/mol. The van der Waals surface area contributed by atoms with Crippen molar-refractivity contribution in [1.82, 2.24) is 0 Å². The first-order valence-electron chi connectivity index (χ1n) is 1.43. The lowest BCUT2D eigenvalue weighted by Crippen LogP contribution is -2.15. The second-order valence-electron chi connectivity index (χ2n) is 0.889. The summed E-state index contributed by atoms with van der Waals surface area (Å²) in [6.45, 7) is 0. The second kappa shape index (κ2) is 2.34. The molecule has 8 heavy (non-hydrogen) atoms. The Kier molecular flexibility index (Phi) is 2.26. The van der Waals surface area contributed by atoms with Crippen LogP contribution in [0, 0.1) is 0 Å². The summed E-state index contributed by atoms with van der Waals surface area (Å²) in [5.74, 6) is -2.16. The van der Waals surface area contributed by atoms with Crippen LogP contribution >= 0.6 is 15.9 Å². The van der Waals surface area contributed by atoms with Crippen molar-refractivity contribution in [2.45, 2.75) is 4.83 Å². The van der Waals surface area contributed by atoms with Crippen LogP contribution in [0.25, 0.3) is 0 Å². The lowest BCUT2D eigenvalue weighted by Gasteiger charge is -1.98. The highest BCUT2D eigenvalue weighted by Gasteiger charge is 2.33. The van der Waals surface area contributed by atoms with Crippen molar-refractivity contribution >= 4 is 21.9 Å². The van der Waals surface area contributed by atoms with Gasteiger partial charge in [0.2, 0.25) is 0 Å². The standard InChI is InChI=1S/C2HBrF3NO/c3-2(5,6)1(4)7-8/h8H. The van der Waals surface area contributed by atoms with Crippen LogP contribution in [0.2, 0.25) is 0 Å². The molecule has 0 amide bonds. The van der Waals surface area contributed by atoms with Crippen molar-refractivity contribution in [2.75, 3.05) is 0 Å². The summed E-state index contributed by atoms with van der Waals surface area (Å²) in [7, 11) is 0. The van der Waals surface area contributed by atoms with Gasteiger partial charge >= 0.3 is 10.8 Å². The van der Waals surface area contributed by atoms with Crippen molar-refractivity contribution in [1.29, 1.82) is 0 Å². The molecule has 1 N–H and O–H groups in total. The summed E-state index contributed by atoms with van der Waals surface area (Å²) in [4.78, 5) is -3.85. The average molecular weight is 192 g/mol. The average Bonchev–Trinajstić information content (AvgIpc) is 1.62. The fourth-order valence-electron chi connectivity index (χ4n) is 0.0567. The molecule has 0 aliphatic carbocycles. The molecule has 0 aromatic carbocycles.